The Morgan fingerprint density at radius 2 is 1.73 bits per heavy atom. The van der Waals surface area contributed by atoms with Gasteiger partial charge in [0.1, 0.15) is 5.75 Å². The Morgan fingerprint density at radius 1 is 1.03 bits per heavy atom. The van der Waals surface area contributed by atoms with E-state index >= 15 is 0 Å². The van der Waals surface area contributed by atoms with E-state index in [9.17, 15) is 9.59 Å². The highest BCUT2D eigenvalue weighted by atomic mass is 16.5. The van der Waals surface area contributed by atoms with E-state index in [1.807, 2.05) is 79.7 Å². The zero-order valence-electron chi connectivity index (χ0n) is 17.1. The molecule has 1 heterocycles. The molecule has 5 nitrogen and oxygen atoms in total. The van der Waals surface area contributed by atoms with Gasteiger partial charge in [0.25, 0.3) is 5.91 Å². The molecule has 1 aliphatic heterocycles. The third kappa shape index (κ3) is 4.06. The minimum Gasteiger partial charge on any atom is -0.497 e. The van der Waals surface area contributed by atoms with E-state index in [0.717, 1.165) is 28.1 Å². The van der Waals surface area contributed by atoms with E-state index in [1.165, 1.54) is 0 Å². The number of ether oxygens (including phenoxy) is 1. The van der Waals surface area contributed by atoms with E-state index < -0.39 is 0 Å². The highest BCUT2D eigenvalue weighted by molar-refractivity contribution is 5.99. The van der Waals surface area contributed by atoms with Gasteiger partial charge < -0.3 is 15.0 Å². The molecule has 0 aliphatic carbocycles. The van der Waals surface area contributed by atoms with Crippen molar-refractivity contribution < 1.29 is 14.3 Å². The largest absolute Gasteiger partial charge is 0.497 e. The molecule has 0 bridgehead atoms. The summed E-state index contributed by atoms with van der Waals surface area (Å²) >= 11 is 0. The molecule has 3 aromatic rings. The maximum absolute atomic E-state index is 13.1. The summed E-state index contributed by atoms with van der Waals surface area (Å²) in [4.78, 5) is 27.7. The fourth-order valence-corrected chi connectivity index (χ4v) is 3.79. The highest BCUT2D eigenvalue weighted by Crippen LogP contribution is 2.34. The van der Waals surface area contributed by atoms with Crippen molar-refractivity contribution in [1.29, 1.82) is 0 Å². The monoisotopic (exact) mass is 400 g/mol. The van der Waals surface area contributed by atoms with Gasteiger partial charge in [-0.2, -0.15) is 0 Å². The molecule has 1 N–H and O–H groups in total. The predicted octanol–water partition coefficient (Wildman–Crippen LogP) is 4.73. The van der Waals surface area contributed by atoms with E-state index in [1.54, 1.807) is 12.0 Å². The lowest BCUT2D eigenvalue weighted by atomic mass is 10.0. The van der Waals surface area contributed by atoms with Crippen molar-refractivity contribution in [2.75, 3.05) is 12.4 Å². The number of amides is 2. The molecule has 5 heteroatoms. The van der Waals surface area contributed by atoms with Crippen LogP contribution in [0.4, 0.5) is 5.69 Å². The first-order chi connectivity index (χ1) is 14.5. The first-order valence-electron chi connectivity index (χ1n) is 9.94. The Labute approximate surface area is 176 Å². The van der Waals surface area contributed by atoms with Crippen LogP contribution in [-0.2, 0) is 11.3 Å². The summed E-state index contributed by atoms with van der Waals surface area (Å²) in [7, 11) is 1.61. The number of aryl methyl sites for hydroxylation is 1. The van der Waals surface area contributed by atoms with E-state index in [2.05, 4.69) is 5.32 Å². The normalized spacial score (nSPS) is 13.7. The summed E-state index contributed by atoms with van der Waals surface area (Å²) in [6.45, 7) is 2.49. The Morgan fingerprint density at radius 3 is 2.40 bits per heavy atom. The van der Waals surface area contributed by atoms with Crippen molar-refractivity contribution in [3.63, 3.8) is 0 Å². The Kier molecular flexibility index (Phi) is 5.53. The molecule has 2 amide bonds. The quantitative estimate of drug-likeness (QED) is 0.651. The summed E-state index contributed by atoms with van der Waals surface area (Å²) in [5.41, 5.74) is 4.46. The number of methoxy groups -OCH3 is 1. The summed E-state index contributed by atoms with van der Waals surface area (Å²) in [6.07, 6.45) is 0.167. The molecule has 0 aromatic heterocycles. The number of hydrogen-bond donors (Lipinski definition) is 1. The summed E-state index contributed by atoms with van der Waals surface area (Å²) in [5, 5.41) is 2.95. The zero-order chi connectivity index (χ0) is 21.1. The van der Waals surface area contributed by atoms with Gasteiger partial charge in [-0.3, -0.25) is 9.59 Å². The van der Waals surface area contributed by atoms with Gasteiger partial charge in [-0.05, 0) is 48.4 Å². The number of carbonyl (C=O) groups excluding carboxylic acids is 2. The summed E-state index contributed by atoms with van der Waals surface area (Å²) in [5.74, 6) is 0.552. The fraction of sp³-hybridized carbons (Fsp3) is 0.200. The van der Waals surface area contributed by atoms with Crippen LogP contribution in [0.25, 0.3) is 0 Å². The van der Waals surface area contributed by atoms with Crippen LogP contribution in [0.1, 0.15) is 39.5 Å². The van der Waals surface area contributed by atoms with Crippen molar-refractivity contribution in [3.8, 4) is 5.75 Å². The molecular formula is C25H24N2O3. The minimum absolute atomic E-state index is 0.0467. The van der Waals surface area contributed by atoms with Gasteiger partial charge in [0.2, 0.25) is 5.91 Å². The van der Waals surface area contributed by atoms with E-state index in [-0.39, 0.29) is 24.3 Å². The van der Waals surface area contributed by atoms with Crippen LogP contribution in [0, 0.1) is 6.92 Å². The van der Waals surface area contributed by atoms with Crippen LogP contribution in [0.15, 0.2) is 72.8 Å². The molecule has 0 spiro atoms. The lowest BCUT2D eigenvalue weighted by Crippen LogP contribution is -2.32. The van der Waals surface area contributed by atoms with Crippen molar-refractivity contribution in [1.82, 2.24) is 4.90 Å². The third-order valence-electron chi connectivity index (χ3n) is 5.44. The Bertz CT molecular complexity index is 1060. The average Bonchev–Trinajstić information content (AvgIpc) is 3.10. The number of nitrogens with one attached hydrogen (secondary N) is 1. The van der Waals surface area contributed by atoms with Crippen molar-refractivity contribution in [2.24, 2.45) is 0 Å². The second kappa shape index (κ2) is 8.41. The second-order valence-corrected chi connectivity index (χ2v) is 7.50. The van der Waals surface area contributed by atoms with Gasteiger partial charge in [0.05, 0.1) is 19.6 Å². The molecule has 0 fully saturated rings. The van der Waals surface area contributed by atoms with Crippen molar-refractivity contribution in [2.45, 2.75) is 25.9 Å². The molecule has 1 aliphatic rings. The molecule has 0 radical (unpaired) electrons. The molecule has 3 aromatic carbocycles. The van der Waals surface area contributed by atoms with E-state index in [0.29, 0.717) is 12.1 Å². The van der Waals surface area contributed by atoms with Crippen LogP contribution >= 0.6 is 0 Å². The standard InChI is InChI=1S/C25H24N2O3/c1-17-7-11-20(12-8-17)26-24(28)15-23(18-9-13-21(30-2)14-10-18)27-16-19-5-3-4-6-22(19)25(27)29/h3-14,23H,15-16H2,1-2H3,(H,26,28). The van der Waals surface area contributed by atoms with Gasteiger partial charge in [-0.15, -0.1) is 0 Å². The fourth-order valence-electron chi connectivity index (χ4n) is 3.79. The molecule has 1 unspecified atom stereocenters. The smallest absolute Gasteiger partial charge is 0.255 e. The average molecular weight is 400 g/mol. The minimum atomic E-state index is -0.374. The zero-order valence-corrected chi connectivity index (χ0v) is 17.1. The van der Waals surface area contributed by atoms with Crippen LogP contribution in [0.5, 0.6) is 5.75 Å². The third-order valence-corrected chi connectivity index (χ3v) is 5.44. The van der Waals surface area contributed by atoms with Crippen molar-refractivity contribution >= 4 is 17.5 Å². The molecule has 1 atom stereocenters. The first-order valence-corrected chi connectivity index (χ1v) is 9.94. The lowest BCUT2D eigenvalue weighted by Gasteiger charge is -2.28. The molecule has 0 saturated carbocycles. The van der Waals surface area contributed by atoms with Crippen LogP contribution in [-0.4, -0.2) is 23.8 Å². The van der Waals surface area contributed by atoms with Gasteiger partial charge >= 0.3 is 0 Å². The molecule has 152 valence electrons. The van der Waals surface area contributed by atoms with Crippen LogP contribution in [0.3, 0.4) is 0 Å². The van der Waals surface area contributed by atoms with Gasteiger partial charge in [-0.1, -0.05) is 48.0 Å². The maximum Gasteiger partial charge on any atom is 0.255 e. The Balaban J connectivity index is 1.59. The SMILES string of the molecule is COc1ccc(C(CC(=O)Nc2ccc(C)cc2)N2Cc3ccccc3C2=O)cc1. The molecule has 4 rings (SSSR count). The van der Waals surface area contributed by atoms with Crippen molar-refractivity contribution in [3.05, 3.63) is 95.1 Å². The number of fused-ring (bicyclic) bond motifs is 1. The highest BCUT2D eigenvalue weighted by Gasteiger charge is 2.34. The number of nitrogens with zero attached hydrogens (tertiary/aromatic N) is 1. The number of rotatable bonds is 6. The van der Waals surface area contributed by atoms with Gasteiger partial charge in [0.15, 0.2) is 0 Å². The number of hydrogen-bond acceptors (Lipinski definition) is 3. The topological polar surface area (TPSA) is 58.6 Å². The summed E-state index contributed by atoms with van der Waals surface area (Å²) < 4.78 is 5.26. The molecule has 0 saturated heterocycles. The number of carbonyl (C=O) groups is 2. The van der Waals surface area contributed by atoms with E-state index in [4.69, 9.17) is 4.74 Å². The summed E-state index contributed by atoms with van der Waals surface area (Å²) in [6, 6.07) is 22.4. The second-order valence-electron chi connectivity index (χ2n) is 7.50. The first kappa shape index (κ1) is 19.7. The number of anilines is 1. The molecule has 30 heavy (non-hydrogen) atoms. The maximum atomic E-state index is 13.1. The van der Waals surface area contributed by atoms with Gasteiger partial charge in [0, 0.05) is 17.8 Å². The Hall–Kier alpha value is -3.60. The predicted molar refractivity (Wildman–Crippen MR) is 116 cm³/mol. The molecular weight excluding hydrogens is 376 g/mol. The van der Waals surface area contributed by atoms with Gasteiger partial charge in [-0.25, -0.2) is 0 Å². The lowest BCUT2D eigenvalue weighted by molar-refractivity contribution is -0.117. The van der Waals surface area contributed by atoms with Crippen LogP contribution < -0.4 is 10.1 Å². The van der Waals surface area contributed by atoms with Crippen LogP contribution in [0.2, 0.25) is 0 Å². The number of benzene rings is 3.